The number of ether oxygens (including phenoxy) is 1. The Morgan fingerprint density at radius 2 is 1.57 bits per heavy atom. The highest BCUT2D eigenvalue weighted by atomic mass is 16.5. The number of rotatable bonds is 3. The second-order valence-electron chi connectivity index (χ2n) is 5.12. The van der Waals surface area contributed by atoms with Gasteiger partial charge in [0, 0.05) is 12.6 Å². The molecule has 0 aliphatic carbocycles. The minimum atomic E-state index is -0.408. The van der Waals surface area contributed by atoms with E-state index in [1.165, 1.54) is 6.92 Å². The maximum atomic E-state index is 12.4. The zero-order valence-corrected chi connectivity index (χ0v) is 12.6. The third-order valence-corrected chi connectivity index (χ3v) is 3.39. The quantitative estimate of drug-likeness (QED) is 0.587. The van der Waals surface area contributed by atoms with Gasteiger partial charge in [0.1, 0.15) is 5.75 Å². The fourth-order valence-corrected chi connectivity index (χ4v) is 2.37. The van der Waals surface area contributed by atoms with Crippen LogP contribution in [0.1, 0.15) is 17.3 Å². The van der Waals surface area contributed by atoms with Crippen LogP contribution in [0.25, 0.3) is 10.8 Å². The second-order valence-corrected chi connectivity index (χ2v) is 5.12. The molecule has 3 aromatic rings. The van der Waals surface area contributed by atoms with Crippen molar-refractivity contribution in [1.82, 2.24) is 0 Å². The molecule has 114 valence electrons. The maximum Gasteiger partial charge on any atom is 0.344 e. The lowest BCUT2D eigenvalue weighted by atomic mass is 10.0. The average molecular weight is 305 g/mol. The Hall–Kier alpha value is -3.14. The van der Waals surface area contributed by atoms with Gasteiger partial charge in [0.2, 0.25) is 5.91 Å². The van der Waals surface area contributed by atoms with Crippen molar-refractivity contribution < 1.29 is 14.3 Å². The number of anilines is 1. The number of amides is 1. The molecule has 23 heavy (non-hydrogen) atoms. The van der Waals surface area contributed by atoms with Crippen LogP contribution in [0.2, 0.25) is 0 Å². The molecular formula is C19H15NO3. The van der Waals surface area contributed by atoms with Crippen molar-refractivity contribution in [3.8, 4) is 5.75 Å². The third kappa shape index (κ3) is 3.37. The molecule has 0 fully saturated rings. The Labute approximate surface area is 133 Å². The number of nitrogens with one attached hydrogen (secondary N) is 1. The molecule has 0 spiro atoms. The minimum Gasteiger partial charge on any atom is -0.423 e. The van der Waals surface area contributed by atoms with Crippen molar-refractivity contribution in [3.05, 3.63) is 72.3 Å². The molecule has 0 saturated carbocycles. The standard InChI is InChI=1S/C19H15NO3/c1-13(21)20-15-9-11-16(12-10-15)23-19(22)18-8-4-6-14-5-2-3-7-17(14)18/h2-12H,1H3,(H,20,21). The van der Waals surface area contributed by atoms with Gasteiger partial charge in [0.25, 0.3) is 0 Å². The maximum absolute atomic E-state index is 12.4. The smallest absolute Gasteiger partial charge is 0.344 e. The molecule has 0 aromatic heterocycles. The molecular weight excluding hydrogens is 290 g/mol. The van der Waals surface area contributed by atoms with E-state index in [2.05, 4.69) is 5.32 Å². The monoisotopic (exact) mass is 305 g/mol. The summed E-state index contributed by atoms with van der Waals surface area (Å²) in [5.41, 5.74) is 1.18. The Morgan fingerprint density at radius 3 is 2.30 bits per heavy atom. The van der Waals surface area contributed by atoms with E-state index in [1.807, 2.05) is 36.4 Å². The Balaban J connectivity index is 1.82. The number of benzene rings is 3. The highest BCUT2D eigenvalue weighted by molar-refractivity contribution is 6.05. The fourth-order valence-electron chi connectivity index (χ4n) is 2.37. The molecule has 1 N–H and O–H groups in total. The van der Waals surface area contributed by atoms with E-state index in [1.54, 1.807) is 30.3 Å². The zero-order valence-electron chi connectivity index (χ0n) is 12.6. The van der Waals surface area contributed by atoms with Crippen molar-refractivity contribution >= 4 is 28.3 Å². The summed E-state index contributed by atoms with van der Waals surface area (Å²) in [6.45, 7) is 1.44. The van der Waals surface area contributed by atoms with Crippen LogP contribution in [0.5, 0.6) is 5.75 Å². The van der Waals surface area contributed by atoms with Gasteiger partial charge in [-0.25, -0.2) is 4.79 Å². The van der Waals surface area contributed by atoms with Gasteiger partial charge >= 0.3 is 5.97 Å². The summed E-state index contributed by atoms with van der Waals surface area (Å²) < 4.78 is 5.42. The molecule has 0 aliphatic rings. The second kappa shape index (κ2) is 6.32. The molecule has 0 heterocycles. The van der Waals surface area contributed by atoms with Crippen LogP contribution in [-0.4, -0.2) is 11.9 Å². The number of carbonyl (C=O) groups excluding carboxylic acids is 2. The summed E-state index contributed by atoms with van der Waals surface area (Å²) in [6, 6.07) is 19.9. The van der Waals surface area contributed by atoms with Crippen LogP contribution in [0.15, 0.2) is 66.7 Å². The van der Waals surface area contributed by atoms with Gasteiger partial charge in [-0.05, 0) is 41.1 Å². The van der Waals surface area contributed by atoms with E-state index in [4.69, 9.17) is 4.74 Å². The molecule has 3 rings (SSSR count). The molecule has 4 heteroatoms. The lowest BCUT2D eigenvalue weighted by Gasteiger charge is -2.08. The lowest BCUT2D eigenvalue weighted by molar-refractivity contribution is -0.114. The van der Waals surface area contributed by atoms with Crippen LogP contribution in [0, 0.1) is 0 Å². The van der Waals surface area contributed by atoms with Crippen molar-refractivity contribution in [3.63, 3.8) is 0 Å². The van der Waals surface area contributed by atoms with E-state index in [0.29, 0.717) is 17.0 Å². The predicted molar refractivity (Wildman–Crippen MR) is 89.7 cm³/mol. The Morgan fingerprint density at radius 1 is 0.870 bits per heavy atom. The van der Waals surface area contributed by atoms with Crippen molar-refractivity contribution in [2.45, 2.75) is 6.92 Å². The molecule has 3 aromatic carbocycles. The van der Waals surface area contributed by atoms with Gasteiger partial charge in [0.05, 0.1) is 5.56 Å². The summed E-state index contributed by atoms with van der Waals surface area (Å²) in [7, 11) is 0. The van der Waals surface area contributed by atoms with Crippen molar-refractivity contribution in [1.29, 1.82) is 0 Å². The van der Waals surface area contributed by atoms with E-state index in [9.17, 15) is 9.59 Å². The van der Waals surface area contributed by atoms with Gasteiger partial charge in [-0.3, -0.25) is 4.79 Å². The van der Waals surface area contributed by atoms with E-state index < -0.39 is 5.97 Å². The summed E-state index contributed by atoms with van der Waals surface area (Å²) in [5, 5.41) is 4.51. The largest absolute Gasteiger partial charge is 0.423 e. The first-order valence-corrected chi connectivity index (χ1v) is 7.21. The summed E-state index contributed by atoms with van der Waals surface area (Å²) in [6.07, 6.45) is 0. The number of hydrogen-bond donors (Lipinski definition) is 1. The Kier molecular flexibility index (Phi) is 4.06. The molecule has 0 saturated heterocycles. The number of hydrogen-bond acceptors (Lipinski definition) is 3. The van der Waals surface area contributed by atoms with Gasteiger partial charge in [-0.15, -0.1) is 0 Å². The highest BCUT2D eigenvalue weighted by Crippen LogP contribution is 2.21. The van der Waals surface area contributed by atoms with Crippen LogP contribution < -0.4 is 10.1 Å². The van der Waals surface area contributed by atoms with E-state index in [-0.39, 0.29) is 5.91 Å². The number of esters is 1. The normalized spacial score (nSPS) is 10.3. The SMILES string of the molecule is CC(=O)Nc1ccc(OC(=O)c2cccc3ccccc23)cc1. The zero-order chi connectivity index (χ0) is 16.2. The molecule has 0 bridgehead atoms. The summed E-state index contributed by atoms with van der Waals surface area (Å²) >= 11 is 0. The molecule has 4 nitrogen and oxygen atoms in total. The highest BCUT2D eigenvalue weighted by Gasteiger charge is 2.12. The Bertz CT molecular complexity index is 864. The third-order valence-electron chi connectivity index (χ3n) is 3.39. The first-order valence-electron chi connectivity index (χ1n) is 7.21. The van der Waals surface area contributed by atoms with Crippen molar-refractivity contribution in [2.24, 2.45) is 0 Å². The van der Waals surface area contributed by atoms with Crippen LogP contribution in [-0.2, 0) is 4.79 Å². The van der Waals surface area contributed by atoms with E-state index >= 15 is 0 Å². The number of carbonyl (C=O) groups is 2. The first kappa shape index (κ1) is 14.8. The van der Waals surface area contributed by atoms with Crippen molar-refractivity contribution in [2.75, 3.05) is 5.32 Å². The minimum absolute atomic E-state index is 0.148. The molecule has 0 atom stereocenters. The molecule has 0 unspecified atom stereocenters. The molecule has 1 amide bonds. The summed E-state index contributed by atoms with van der Waals surface area (Å²) in [5.74, 6) is -0.128. The topological polar surface area (TPSA) is 55.4 Å². The van der Waals surface area contributed by atoms with Gasteiger partial charge in [0.15, 0.2) is 0 Å². The van der Waals surface area contributed by atoms with Gasteiger partial charge in [-0.1, -0.05) is 36.4 Å². The van der Waals surface area contributed by atoms with Crippen LogP contribution in [0.3, 0.4) is 0 Å². The van der Waals surface area contributed by atoms with Gasteiger partial charge in [-0.2, -0.15) is 0 Å². The van der Waals surface area contributed by atoms with E-state index in [0.717, 1.165) is 10.8 Å². The lowest BCUT2D eigenvalue weighted by Crippen LogP contribution is -2.09. The average Bonchev–Trinajstić information content (AvgIpc) is 2.55. The van der Waals surface area contributed by atoms with Crippen LogP contribution >= 0.6 is 0 Å². The number of fused-ring (bicyclic) bond motifs is 1. The fraction of sp³-hybridized carbons (Fsp3) is 0.0526. The predicted octanol–water partition coefficient (Wildman–Crippen LogP) is 4.02. The molecule has 0 aliphatic heterocycles. The molecule has 0 radical (unpaired) electrons. The van der Waals surface area contributed by atoms with Crippen LogP contribution in [0.4, 0.5) is 5.69 Å². The first-order chi connectivity index (χ1) is 11.1. The van der Waals surface area contributed by atoms with Gasteiger partial charge < -0.3 is 10.1 Å². The summed E-state index contributed by atoms with van der Waals surface area (Å²) in [4.78, 5) is 23.4.